The molecule has 2 amide bonds. The van der Waals surface area contributed by atoms with Crippen molar-refractivity contribution in [1.82, 2.24) is 10.6 Å². The molecule has 3 N–H and O–H groups in total. The van der Waals surface area contributed by atoms with Gasteiger partial charge in [-0.2, -0.15) is 0 Å². The molecule has 0 bridgehead atoms. The van der Waals surface area contributed by atoms with E-state index in [0.29, 0.717) is 0 Å². The Kier molecular flexibility index (Phi) is 9.19. The molecule has 0 spiro atoms. The van der Waals surface area contributed by atoms with Crippen LogP contribution >= 0.6 is 0 Å². The van der Waals surface area contributed by atoms with E-state index in [9.17, 15) is 14.4 Å². The van der Waals surface area contributed by atoms with Gasteiger partial charge >= 0.3 is 12.1 Å². The number of aliphatic hydroxyl groups is 1. The van der Waals surface area contributed by atoms with Gasteiger partial charge in [0.2, 0.25) is 5.91 Å². The first-order chi connectivity index (χ1) is 10.6. The van der Waals surface area contributed by atoms with E-state index >= 15 is 0 Å². The molecule has 0 heterocycles. The summed E-state index contributed by atoms with van der Waals surface area (Å²) in [4.78, 5) is 35.4. The van der Waals surface area contributed by atoms with Crippen molar-refractivity contribution in [2.75, 3.05) is 26.9 Å². The summed E-state index contributed by atoms with van der Waals surface area (Å²) in [7, 11) is 1.35. The molecule has 0 saturated heterocycles. The normalized spacial score (nSPS) is 13.7. The summed E-state index contributed by atoms with van der Waals surface area (Å²) >= 11 is 0. The van der Waals surface area contributed by atoms with Crippen LogP contribution in [0.1, 0.15) is 27.7 Å². The van der Waals surface area contributed by atoms with E-state index in [1.54, 1.807) is 27.7 Å². The molecule has 0 unspecified atom stereocenters. The minimum absolute atomic E-state index is 0.114. The first-order valence-electron chi connectivity index (χ1n) is 7.20. The molecule has 2 atom stereocenters. The number of aliphatic hydroxyl groups excluding tert-OH is 1. The highest BCUT2D eigenvalue weighted by Gasteiger charge is 2.28. The van der Waals surface area contributed by atoms with Crippen LogP contribution < -0.4 is 10.6 Å². The highest BCUT2D eigenvalue weighted by atomic mass is 16.6. The third-order valence-corrected chi connectivity index (χ3v) is 2.41. The zero-order valence-corrected chi connectivity index (χ0v) is 14.2. The number of hydrogen-bond acceptors (Lipinski definition) is 7. The predicted octanol–water partition coefficient (Wildman–Crippen LogP) is -0.434. The number of nitrogens with one attached hydrogen (secondary N) is 2. The summed E-state index contributed by atoms with van der Waals surface area (Å²) in [6.45, 7) is 6.00. The van der Waals surface area contributed by atoms with Crippen LogP contribution in [-0.2, 0) is 23.8 Å². The number of methoxy groups -OCH3 is 1. The Hall–Kier alpha value is -1.87. The van der Waals surface area contributed by atoms with Crippen molar-refractivity contribution in [1.29, 1.82) is 0 Å². The van der Waals surface area contributed by atoms with Gasteiger partial charge in [-0.25, -0.2) is 9.59 Å². The third-order valence-electron chi connectivity index (χ3n) is 2.41. The first kappa shape index (κ1) is 21.1. The SMILES string of the molecule is CCOC(=O)[C@H](CO)NC(=O)[C@H](COC)NC(=O)OC(C)(C)C. The van der Waals surface area contributed by atoms with E-state index < -0.39 is 42.3 Å². The Bertz CT molecular complexity index is 406. The summed E-state index contributed by atoms with van der Waals surface area (Å²) in [5.74, 6) is -1.47. The van der Waals surface area contributed by atoms with Crippen LogP contribution in [-0.4, -0.2) is 67.7 Å². The van der Waals surface area contributed by atoms with Crippen molar-refractivity contribution < 1.29 is 33.7 Å². The van der Waals surface area contributed by atoms with E-state index in [-0.39, 0.29) is 13.2 Å². The van der Waals surface area contributed by atoms with Crippen molar-refractivity contribution in [2.24, 2.45) is 0 Å². The number of carbonyl (C=O) groups excluding carboxylic acids is 3. The van der Waals surface area contributed by atoms with Gasteiger partial charge in [0.1, 0.15) is 11.6 Å². The fraction of sp³-hybridized carbons (Fsp3) is 0.786. The van der Waals surface area contributed by atoms with E-state index in [4.69, 9.17) is 19.3 Å². The molecular weight excluding hydrogens is 308 g/mol. The number of amides is 2. The molecule has 0 aromatic heterocycles. The van der Waals surface area contributed by atoms with Gasteiger partial charge in [-0.3, -0.25) is 4.79 Å². The van der Waals surface area contributed by atoms with Crippen LogP contribution in [0.2, 0.25) is 0 Å². The number of rotatable bonds is 8. The van der Waals surface area contributed by atoms with Gasteiger partial charge in [0.25, 0.3) is 0 Å². The Morgan fingerprint density at radius 1 is 1.13 bits per heavy atom. The number of ether oxygens (including phenoxy) is 3. The average Bonchev–Trinajstić information content (AvgIpc) is 2.42. The second-order valence-electron chi connectivity index (χ2n) is 5.65. The maximum Gasteiger partial charge on any atom is 0.408 e. The molecule has 9 heteroatoms. The standard InChI is InChI=1S/C14H26N2O7/c1-6-22-12(19)9(7-17)15-11(18)10(8-21-5)16-13(20)23-14(2,3)4/h9-10,17H,6-8H2,1-5H3,(H,15,18)(H,16,20)/t9-,10-/m0/s1. The molecule has 0 radical (unpaired) electrons. The maximum absolute atomic E-state index is 12.1. The van der Waals surface area contributed by atoms with Gasteiger partial charge in [0.05, 0.1) is 19.8 Å². The molecule has 0 saturated carbocycles. The van der Waals surface area contributed by atoms with Gasteiger partial charge in [0, 0.05) is 7.11 Å². The molecule has 0 fully saturated rings. The predicted molar refractivity (Wildman–Crippen MR) is 80.7 cm³/mol. The van der Waals surface area contributed by atoms with Crippen LogP contribution in [0.15, 0.2) is 0 Å². The fourth-order valence-corrected chi connectivity index (χ4v) is 1.49. The van der Waals surface area contributed by atoms with Gasteiger partial charge in [-0.15, -0.1) is 0 Å². The van der Waals surface area contributed by atoms with Crippen LogP contribution in [0.5, 0.6) is 0 Å². The largest absolute Gasteiger partial charge is 0.464 e. The van der Waals surface area contributed by atoms with E-state index in [2.05, 4.69) is 10.6 Å². The van der Waals surface area contributed by atoms with E-state index in [0.717, 1.165) is 0 Å². The summed E-state index contributed by atoms with van der Waals surface area (Å²) in [5.41, 5.74) is -0.725. The second-order valence-corrected chi connectivity index (χ2v) is 5.65. The number of alkyl carbamates (subject to hydrolysis) is 1. The van der Waals surface area contributed by atoms with Gasteiger partial charge < -0.3 is 30.0 Å². The number of carbonyl (C=O) groups is 3. The molecule has 134 valence electrons. The minimum Gasteiger partial charge on any atom is -0.464 e. The van der Waals surface area contributed by atoms with Crippen molar-refractivity contribution in [3.63, 3.8) is 0 Å². The topological polar surface area (TPSA) is 123 Å². The van der Waals surface area contributed by atoms with Crippen molar-refractivity contribution in [3.8, 4) is 0 Å². The Morgan fingerprint density at radius 2 is 1.74 bits per heavy atom. The molecule has 0 rings (SSSR count). The van der Waals surface area contributed by atoms with Gasteiger partial charge in [-0.1, -0.05) is 0 Å². The third kappa shape index (κ3) is 8.99. The molecule has 23 heavy (non-hydrogen) atoms. The van der Waals surface area contributed by atoms with E-state index in [1.165, 1.54) is 7.11 Å². The van der Waals surface area contributed by atoms with Crippen LogP contribution in [0.3, 0.4) is 0 Å². The average molecular weight is 334 g/mol. The van der Waals surface area contributed by atoms with Crippen LogP contribution in [0.4, 0.5) is 4.79 Å². The summed E-state index contributed by atoms with van der Waals surface area (Å²) in [6.07, 6.45) is -0.800. The molecule has 0 aliphatic rings. The van der Waals surface area contributed by atoms with Crippen molar-refractivity contribution in [3.05, 3.63) is 0 Å². The Morgan fingerprint density at radius 3 is 2.17 bits per heavy atom. The second kappa shape index (κ2) is 10.0. The highest BCUT2D eigenvalue weighted by Crippen LogP contribution is 2.07. The number of esters is 1. The lowest BCUT2D eigenvalue weighted by molar-refractivity contribution is -0.148. The maximum atomic E-state index is 12.1. The smallest absolute Gasteiger partial charge is 0.408 e. The lowest BCUT2D eigenvalue weighted by Crippen LogP contribution is -2.55. The molecule has 9 nitrogen and oxygen atoms in total. The van der Waals surface area contributed by atoms with Gasteiger partial charge in [0.15, 0.2) is 6.04 Å². The minimum atomic E-state index is -1.22. The molecule has 0 aromatic rings. The summed E-state index contributed by atoms with van der Waals surface area (Å²) in [5, 5.41) is 13.8. The molecule has 0 aromatic carbocycles. The zero-order chi connectivity index (χ0) is 18.0. The monoisotopic (exact) mass is 334 g/mol. The van der Waals surface area contributed by atoms with Crippen molar-refractivity contribution in [2.45, 2.75) is 45.4 Å². The highest BCUT2D eigenvalue weighted by molar-refractivity contribution is 5.89. The molecule has 0 aliphatic carbocycles. The van der Waals surface area contributed by atoms with E-state index in [1.807, 2.05) is 0 Å². The first-order valence-corrected chi connectivity index (χ1v) is 7.20. The molecule has 0 aliphatic heterocycles. The summed E-state index contributed by atoms with van der Waals surface area (Å²) < 4.78 is 14.7. The lowest BCUT2D eigenvalue weighted by atomic mass is 10.2. The number of hydrogen-bond donors (Lipinski definition) is 3. The Balaban J connectivity index is 4.77. The fourth-order valence-electron chi connectivity index (χ4n) is 1.49. The quantitative estimate of drug-likeness (QED) is 0.514. The molecular formula is C14H26N2O7. The van der Waals surface area contributed by atoms with Crippen molar-refractivity contribution >= 4 is 18.0 Å². The van der Waals surface area contributed by atoms with Crippen LogP contribution in [0.25, 0.3) is 0 Å². The summed E-state index contributed by atoms with van der Waals surface area (Å²) in [6, 6.07) is -2.31. The lowest BCUT2D eigenvalue weighted by Gasteiger charge is -2.24. The van der Waals surface area contributed by atoms with Crippen LogP contribution in [0, 0.1) is 0 Å². The van der Waals surface area contributed by atoms with Gasteiger partial charge in [-0.05, 0) is 27.7 Å². The Labute approximate surface area is 135 Å². The zero-order valence-electron chi connectivity index (χ0n) is 14.2.